The van der Waals surface area contributed by atoms with Crippen LogP contribution in [-0.4, -0.2) is 44.7 Å². The highest BCUT2D eigenvalue weighted by molar-refractivity contribution is 5.94. The molecule has 1 aromatic carbocycles. The first-order chi connectivity index (χ1) is 10.0. The molecule has 0 radical (unpaired) electrons. The number of nitrogens with zero attached hydrogens (tertiary/aromatic N) is 4. The third kappa shape index (κ3) is 2.67. The third-order valence-corrected chi connectivity index (χ3v) is 3.75. The van der Waals surface area contributed by atoms with Gasteiger partial charge in [-0.25, -0.2) is 9.67 Å². The number of hydrogen-bond donors (Lipinski definition) is 1. The molecule has 1 aliphatic heterocycles. The molecule has 6 heteroatoms. The number of benzene rings is 1. The molecule has 6 nitrogen and oxygen atoms in total. The second kappa shape index (κ2) is 5.29. The smallest absolute Gasteiger partial charge is 0.253 e. The van der Waals surface area contributed by atoms with Crippen LogP contribution < -0.4 is 5.73 Å². The van der Waals surface area contributed by atoms with Crippen LogP contribution in [0.25, 0.3) is 5.69 Å². The van der Waals surface area contributed by atoms with E-state index in [9.17, 15) is 4.79 Å². The van der Waals surface area contributed by atoms with Gasteiger partial charge in [0.25, 0.3) is 5.91 Å². The van der Waals surface area contributed by atoms with Crippen molar-refractivity contribution in [1.29, 1.82) is 0 Å². The highest BCUT2D eigenvalue weighted by atomic mass is 16.2. The quantitative estimate of drug-likeness (QED) is 0.895. The fourth-order valence-corrected chi connectivity index (χ4v) is 2.67. The van der Waals surface area contributed by atoms with Crippen LogP contribution in [0.3, 0.4) is 0 Å². The van der Waals surface area contributed by atoms with Crippen LogP contribution in [0.2, 0.25) is 0 Å². The van der Waals surface area contributed by atoms with E-state index in [-0.39, 0.29) is 11.9 Å². The predicted molar refractivity (Wildman–Crippen MR) is 79.3 cm³/mol. The highest BCUT2D eigenvalue weighted by Crippen LogP contribution is 2.15. The maximum atomic E-state index is 12.3. The molecule has 0 bridgehead atoms. The second-order valence-electron chi connectivity index (χ2n) is 5.46. The van der Waals surface area contributed by atoms with Crippen LogP contribution in [-0.2, 0) is 0 Å². The van der Waals surface area contributed by atoms with Gasteiger partial charge in [-0.1, -0.05) is 0 Å². The molecule has 0 saturated carbocycles. The largest absolute Gasteiger partial charge is 0.337 e. The summed E-state index contributed by atoms with van der Waals surface area (Å²) in [5, 5.41) is 4.34. The number of carbonyl (C=O) groups excluding carboxylic acids is 1. The van der Waals surface area contributed by atoms with Gasteiger partial charge in [-0.2, -0.15) is 5.10 Å². The van der Waals surface area contributed by atoms with Crippen LogP contribution in [0.5, 0.6) is 0 Å². The zero-order valence-corrected chi connectivity index (χ0v) is 12.3. The lowest BCUT2D eigenvalue weighted by molar-refractivity contribution is 0.0791. The predicted octanol–water partition coefficient (Wildman–Crippen LogP) is 1.06. The van der Waals surface area contributed by atoms with Crippen LogP contribution >= 0.6 is 0 Å². The van der Waals surface area contributed by atoms with Crippen molar-refractivity contribution in [3.05, 3.63) is 41.5 Å². The fraction of sp³-hybridized carbons (Fsp3) is 0.400. The van der Waals surface area contributed by atoms with E-state index in [2.05, 4.69) is 10.1 Å². The lowest BCUT2D eigenvalue weighted by atomic mass is 10.2. The average Bonchev–Trinajstić information content (AvgIpc) is 3.04. The Labute approximate surface area is 123 Å². The van der Waals surface area contributed by atoms with E-state index in [0.717, 1.165) is 30.3 Å². The first-order valence-corrected chi connectivity index (χ1v) is 7.10. The minimum Gasteiger partial charge on any atom is -0.337 e. The van der Waals surface area contributed by atoms with Crippen molar-refractivity contribution in [2.24, 2.45) is 5.73 Å². The maximum absolute atomic E-state index is 12.3. The second-order valence-corrected chi connectivity index (χ2v) is 5.46. The summed E-state index contributed by atoms with van der Waals surface area (Å²) in [4.78, 5) is 18.4. The van der Waals surface area contributed by atoms with Crippen molar-refractivity contribution in [3.63, 3.8) is 0 Å². The summed E-state index contributed by atoms with van der Waals surface area (Å²) < 4.78 is 1.77. The number of aryl methyl sites for hydroxylation is 2. The number of rotatable bonds is 2. The Bertz CT molecular complexity index is 661. The molecule has 21 heavy (non-hydrogen) atoms. The fourth-order valence-electron chi connectivity index (χ4n) is 2.67. The maximum Gasteiger partial charge on any atom is 0.253 e. The standard InChI is InChI=1S/C15H19N5O/c1-10-17-11(2)20(18-10)14-5-3-12(4-6-14)15(21)19-8-7-13(16)9-19/h3-6,13H,7-9,16H2,1-2H3/t13-/m1/s1. The first kappa shape index (κ1) is 13.8. The van der Waals surface area contributed by atoms with E-state index in [1.54, 1.807) is 4.68 Å². The minimum atomic E-state index is 0.0426. The average molecular weight is 285 g/mol. The summed E-state index contributed by atoms with van der Waals surface area (Å²) in [6.07, 6.45) is 0.876. The van der Waals surface area contributed by atoms with E-state index in [1.807, 2.05) is 43.0 Å². The Morgan fingerprint density at radius 3 is 2.52 bits per heavy atom. The van der Waals surface area contributed by atoms with Crippen molar-refractivity contribution in [1.82, 2.24) is 19.7 Å². The molecule has 1 atom stereocenters. The Balaban J connectivity index is 1.81. The van der Waals surface area contributed by atoms with Gasteiger partial charge in [-0.3, -0.25) is 4.79 Å². The van der Waals surface area contributed by atoms with Gasteiger partial charge in [0.15, 0.2) is 0 Å². The summed E-state index contributed by atoms with van der Waals surface area (Å²) in [5.41, 5.74) is 7.44. The molecule has 0 unspecified atom stereocenters. The molecular weight excluding hydrogens is 266 g/mol. The number of nitrogens with two attached hydrogens (primary N) is 1. The number of hydrogen-bond acceptors (Lipinski definition) is 4. The van der Waals surface area contributed by atoms with Crippen LogP contribution in [0.1, 0.15) is 28.4 Å². The van der Waals surface area contributed by atoms with Gasteiger partial charge in [-0.15, -0.1) is 0 Å². The lowest BCUT2D eigenvalue weighted by Crippen LogP contribution is -2.31. The Kier molecular flexibility index (Phi) is 3.47. The highest BCUT2D eigenvalue weighted by Gasteiger charge is 2.24. The summed E-state index contributed by atoms with van der Waals surface area (Å²) in [6, 6.07) is 7.55. The van der Waals surface area contributed by atoms with Crippen molar-refractivity contribution >= 4 is 5.91 Å². The molecule has 2 N–H and O–H groups in total. The van der Waals surface area contributed by atoms with Gasteiger partial charge in [0, 0.05) is 24.7 Å². The summed E-state index contributed by atoms with van der Waals surface area (Å²) in [5.74, 6) is 1.61. The van der Waals surface area contributed by atoms with Gasteiger partial charge in [0.2, 0.25) is 0 Å². The van der Waals surface area contributed by atoms with Crippen LogP contribution in [0.4, 0.5) is 0 Å². The SMILES string of the molecule is Cc1nc(C)n(-c2ccc(C(=O)N3CC[C@@H](N)C3)cc2)n1. The molecular formula is C15H19N5O. The van der Waals surface area contributed by atoms with Gasteiger partial charge in [0.05, 0.1) is 5.69 Å². The van der Waals surface area contributed by atoms with E-state index in [0.29, 0.717) is 12.1 Å². The number of aromatic nitrogens is 3. The molecule has 3 rings (SSSR count). The molecule has 1 fully saturated rings. The molecule has 1 amide bonds. The van der Waals surface area contributed by atoms with E-state index >= 15 is 0 Å². The minimum absolute atomic E-state index is 0.0426. The monoisotopic (exact) mass is 285 g/mol. The van der Waals surface area contributed by atoms with Crippen molar-refractivity contribution in [2.45, 2.75) is 26.3 Å². The first-order valence-electron chi connectivity index (χ1n) is 7.10. The molecule has 0 spiro atoms. The van der Waals surface area contributed by atoms with Gasteiger partial charge in [0.1, 0.15) is 11.6 Å². The Hall–Kier alpha value is -2.21. The molecule has 1 saturated heterocycles. The zero-order valence-electron chi connectivity index (χ0n) is 12.3. The molecule has 110 valence electrons. The van der Waals surface area contributed by atoms with Gasteiger partial charge in [-0.05, 0) is 44.5 Å². The number of amides is 1. The van der Waals surface area contributed by atoms with Crippen molar-refractivity contribution < 1.29 is 4.79 Å². The summed E-state index contributed by atoms with van der Waals surface area (Å²) in [7, 11) is 0. The summed E-state index contributed by atoms with van der Waals surface area (Å²) in [6.45, 7) is 5.15. The Morgan fingerprint density at radius 1 is 1.29 bits per heavy atom. The molecule has 0 aliphatic carbocycles. The van der Waals surface area contributed by atoms with Gasteiger partial charge >= 0.3 is 0 Å². The molecule has 1 aliphatic rings. The zero-order chi connectivity index (χ0) is 15.0. The van der Waals surface area contributed by atoms with Gasteiger partial charge < -0.3 is 10.6 Å². The van der Waals surface area contributed by atoms with Crippen molar-refractivity contribution in [2.75, 3.05) is 13.1 Å². The van der Waals surface area contributed by atoms with Crippen molar-refractivity contribution in [3.8, 4) is 5.69 Å². The number of likely N-dealkylation sites (tertiary alicyclic amines) is 1. The van der Waals surface area contributed by atoms with Crippen LogP contribution in [0.15, 0.2) is 24.3 Å². The van der Waals surface area contributed by atoms with Crippen LogP contribution in [0, 0.1) is 13.8 Å². The topological polar surface area (TPSA) is 77.0 Å². The normalized spacial score (nSPS) is 18.2. The summed E-state index contributed by atoms with van der Waals surface area (Å²) >= 11 is 0. The molecule has 1 aromatic heterocycles. The molecule has 2 heterocycles. The lowest BCUT2D eigenvalue weighted by Gasteiger charge is -2.16. The van der Waals surface area contributed by atoms with E-state index in [4.69, 9.17) is 5.73 Å². The Morgan fingerprint density at radius 2 is 2.00 bits per heavy atom. The third-order valence-electron chi connectivity index (χ3n) is 3.75. The molecule has 2 aromatic rings. The van der Waals surface area contributed by atoms with E-state index in [1.165, 1.54) is 0 Å². The van der Waals surface area contributed by atoms with E-state index < -0.39 is 0 Å². The number of carbonyl (C=O) groups is 1.